The van der Waals surface area contributed by atoms with Gasteiger partial charge in [-0.2, -0.15) is 10.2 Å². The third-order valence-electron chi connectivity index (χ3n) is 1.95. The number of hydrogen-bond acceptors (Lipinski definition) is 4. The van der Waals surface area contributed by atoms with Gasteiger partial charge in [0.25, 0.3) is 0 Å². The fraction of sp³-hybridized carbons (Fsp3) is 0. The van der Waals surface area contributed by atoms with Gasteiger partial charge in [0, 0.05) is 12.1 Å². The van der Waals surface area contributed by atoms with Crippen molar-refractivity contribution in [1.82, 2.24) is 9.97 Å². The molecule has 7 N–H and O–H groups in total. The lowest BCUT2D eigenvalue weighted by Crippen LogP contribution is -2.99. The van der Waals surface area contributed by atoms with E-state index in [0.29, 0.717) is 11.0 Å². The minimum Gasteiger partial charge on any atom is -0.595 e. The molecule has 8 nitrogen and oxygen atoms in total. The number of nitrogens with two attached hydrogens (primary N) is 2. The number of hydrogen-bond donors (Lipinski definition) is 5. The Morgan fingerprint density at radius 3 is 2.88 bits per heavy atom. The average Bonchev–Trinajstić information content (AvgIpc) is 2.56. The van der Waals surface area contributed by atoms with Gasteiger partial charge in [0.15, 0.2) is 11.6 Å². The molecule has 84 valence electrons. The highest BCUT2D eigenvalue weighted by molar-refractivity contribution is 5.82. The van der Waals surface area contributed by atoms with E-state index in [1.54, 1.807) is 6.07 Å². The molecule has 0 saturated carbocycles. The van der Waals surface area contributed by atoms with Crippen LogP contribution in [0.15, 0.2) is 23.2 Å². The van der Waals surface area contributed by atoms with Crippen molar-refractivity contribution in [3.63, 3.8) is 0 Å². The molecule has 8 heteroatoms. The van der Waals surface area contributed by atoms with Crippen molar-refractivity contribution in [3.05, 3.63) is 23.4 Å². The average molecular weight is 222 g/mol. The second kappa shape index (κ2) is 3.77. The van der Waals surface area contributed by atoms with Crippen LogP contribution in [-0.2, 0) is 0 Å². The first kappa shape index (κ1) is 10.4. The van der Waals surface area contributed by atoms with E-state index in [1.807, 2.05) is 0 Å². The van der Waals surface area contributed by atoms with Gasteiger partial charge in [0.1, 0.15) is 0 Å². The summed E-state index contributed by atoms with van der Waals surface area (Å²) < 4.78 is 0. The standard InChI is InChI=1S/C8H10N6O2/c9-7(10)13-8-11-5-2-1-4(14(15)16)3-6(5)12-8/h1-3,14-15H,(H5,9,10,11,12,13). The van der Waals surface area contributed by atoms with Gasteiger partial charge in [-0.25, -0.2) is 10.2 Å². The maximum Gasteiger partial charge on any atom is 0.231 e. The van der Waals surface area contributed by atoms with Crippen molar-refractivity contribution < 1.29 is 10.4 Å². The zero-order valence-corrected chi connectivity index (χ0v) is 8.14. The number of nitrogens with zero attached hydrogens (tertiary/aromatic N) is 2. The van der Waals surface area contributed by atoms with Gasteiger partial charge in [-0.15, -0.1) is 0 Å². The summed E-state index contributed by atoms with van der Waals surface area (Å²) in [6, 6.07) is 4.52. The molecule has 0 saturated heterocycles. The molecular formula is C8H10N6O2. The molecule has 0 aliphatic heterocycles. The second-order valence-electron chi connectivity index (χ2n) is 3.13. The van der Waals surface area contributed by atoms with Crippen molar-refractivity contribution in [3.8, 4) is 0 Å². The molecule has 0 spiro atoms. The van der Waals surface area contributed by atoms with Crippen LogP contribution in [0, 0.1) is 5.21 Å². The quantitative estimate of drug-likeness (QED) is 0.248. The highest BCUT2D eigenvalue weighted by Gasteiger charge is 2.06. The van der Waals surface area contributed by atoms with E-state index in [9.17, 15) is 5.21 Å². The first-order valence-corrected chi connectivity index (χ1v) is 4.39. The van der Waals surface area contributed by atoms with E-state index in [0.717, 1.165) is 0 Å². The van der Waals surface area contributed by atoms with Crippen molar-refractivity contribution in [1.29, 1.82) is 0 Å². The maximum atomic E-state index is 10.7. The third kappa shape index (κ3) is 1.93. The summed E-state index contributed by atoms with van der Waals surface area (Å²) in [4.78, 5) is 10.6. The molecule has 0 amide bonds. The second-order valence-corrected chi connectivity index (χ2v) is 3.13. The van der Waals surface area contributed by atoms with Gasteiger partial charge in [-0.05, 0) is 6.07 Å². The lowest BCUT2D eigenvalue weighted by atomic mass is 10.3. The molecule has 0 bridgehead atoms. The van der Waals surface area contributed by atoms with Crippen LogP contribution in [-0.4, -0.2) is 21.1 Å². The number of benzene rings is 1. The lowest BCUT2D eigenvalue weighted by Gasteiger charge is -2.10. The summed E-state index contributed by atoms with van der Waals surface area (Å²) >= 11 is 0. The Morgan fingerprint density at radius 2 is 2.25 bits per heavy atom. The highest BCUT2D eigenvalue weighted by atomic mass is 16.8. The van der Waals surface area contributed by atoms with Crippen LogP contribution in [0.3, 0.4) is 0 Å². The van der Waals surface area contributed by atoms with Gasteiger partial charge in [0.2, 0.25) is 5.95 Å². The Bertz CT molecular complexity index is 542. The maximum absolute atomic E-state index is 10.7. The summed E-state index contributed by atoms with van der Waals surface area (Å²) in [5.74, 6) is 0.134. The molecule has 1 aromatic heterocycles. The summed E-state index contributed by atoms with van der Waals surface area (Å²) in [5.41, 5.74) is 11.7. The molecule has 16 heavy (non-hydrogen) atoms. The molecule has 2 aromatic rings. The van der Waals surface area contributed by atoms with Crippen LogP contribution >= 0.6 is 0 Å². The van der Waals surface area contributed by atoms with Crippen LogP contribution in [0.4, 0.5) is 11.6 Å². The van der Waals surface area contributed by atoms with E-state index < -0.39 is 5.23 Å². The Balaban J connectivity index is 2.50. The Hall–Kier alpha value is -2.16. The van der Waals surface area contributed by atoms with E-state index in [-0.39, 0.29) is 17.6 Å². The first-order chi connectivity index (χ1) is 7.56. The Morgan fingerprint density at radius 1 is 1.50 bits per heavy atom. The number of imidazole rings is 1. The molecule has 2 rings (SSSR count). The summed E-state index contributed by atoms with van der Waals surface area (Å²) in [6.07, 6.45) is 0. The van der Waals surface area contributed by atoms with Crippen LogP contribution in [0.25, 0.3) is 11.0 Å². The zero-order valence-electron chi connectivity index (χ0n) is 8.14. The van der Waals surface area contributed by atoms with Crippen molar-refractivity contribution >= 4 is 28.6 Å². The molecule has 0 fully saturated rings. The minimum atomic E-state index is -1.00. The van der Waals surface area contributed by atoms with Gasteiger partial charge in [-0.3, -0.25) is 0 Å². The Kier molecular flexibility index (Phi) is 2.44. The van der Waals surface area contributed by atoms with Gasteiger partial charge in [0.05, 0.1) is 11.0 Å². The number of aromatic amines is 1. The van der Waals surface area contributed by atoms with Crippen LogP contribution in [0.2, 0.25) is 0 Å². The van der Waals surface area contributed by atoms with Crippen molar-refractivity contribution in [2.45, 2.75) is 0 Å². The number of nitrogens with one attached hydrogen (secondary N) is 2. The normalized spacial score (nSPS) is 12.6. The Labute approximate surface area is 89.7 Å². The molecule has 0 aliphatic carbocycles. The number of quaternary nitrogens is 1. The van der Waals surface area contributed by atoms with Crippen molar-refractivity contribution in [2.75, 3.05) is 0 Å². The monoisotopic (exact) mass is 222 g/mol. The van der Waals surface area contributed by atoms with Gasteiger partial charge < -0.3 is 21.7 Å². The topological polar surface area (TPSA) is 141 Å². The molecular weight excluding hydrogens is 212 g/mol. The largest absolute Gasteiger partial charge is 0.595 e. The van der Waals surface area contributed by atoms with E-state index in [4.69, 9.17) is 16.7 Å². The van der Waals surface area contributed by atoms with Crippen LogP contribution < -0.4 is 16.7 Å². The highest BCUT2D eigenvalue weighted by Crippen LogP contribution is 2.18. The SMILES string of the molecule is NC(N)=Nc1nc2ccc([NH+]([O-])O)cc2[nH]1. The number of rotatable bonds is 2. The third-order valence-corrected chi connectivity index (χ3v) is 1.95. The fourth-order valence-electron chi connectivity index (χ4n) is 1.30. The smallest absolute Gasteiger partial charge is 0.231 e. The molecule has 0 aliphatic rings. The number of H-pyrrole nitrogens is 1. The zero-order chi connectivity index (χ0) is 11.7. The van der Waals surface area contributed by atoms with Gasteiger partial charge >= 0.3 is 0 Å². The predicted octanol–water partition coefficient (Wildman–Crippen LogP) is -1.13. The van der Waals surface area contributed by atoms with E-state index in [2.05, 4.69) is 15.0 Å². The van der Waals surface area contributed by atoms with Crippen LogP contribution in [0.1, 0.15) is 0 Å². The number of guanidine groups is 1. The molecule has 1 unspecified atom stereocenters. The first-order valence-electron chi connectivity index (χ1n) is 4.39. The number of fused-ring (bicyclic) bond motifs is 1. The summed E-state index contributed by atoms with van der Waals surface area (Å²) in [5, 5.41) is 18.5. The predicted molar refractivity (Wildman–Crippen MR) is 57.3 cm³/mol. The molecule has 0 radical (unpaired) electrons. The molecule has 1 aromatic carbocycles. The van der Waals surface area contributed by atoms with E-state index in [1.165, 1.54) is 12.1 Å². The van der Waals surface area contributed by atoms with Gasteiger partial charge in [-0.1, -0.05) is 0 Å². The lowest BCUT2D eigenvalue weighted by molar-refractivity contribution is -0.991. The minimum absolute atomic E-state index is 0.113. The van der Waals surface area contributed by atoms with Crippen molar-refractivity contribution in [2.24, 2.45) is 16.5 Å². The summed E-state index contributed by atoms with van der Waals surface area (Å²) in [7, 11) is 0. The van der Waals surface area contributed by atoms with Crippen LogP contribution in [0.5, 0.6) is 0 Å². The number of aliphatic imine (C=N–C) groups is 1. The molecule has 1 atom stereocenters. The van der Waals surface area contributed by atoms with E-state index >= 15 is 0 Å². The summed E-state index contributed by atoms with van der Waals surface area (Å²) in [6.45, 7) is 0. The fourth-order valence-corrected chi connectivity index (χ4v) is 1.30. The molecule has 1 heterocycles. The number of aromatic nitrogens is 2.